The number of ether oxygens (including phenoxy) is 2. The van der Waals surface area contributed by atoms with Crippen molar-refractivity contribution in [3.63, 3.8) is 0 Å². The number of methoxy groups -OCH3 is 1. The van der Waals surface area contributed by atoms with E-state index in [1.54, 1.807) is 31.4 Å². The highest BCUT2D eigenvalue weighted by atomic mass is 16.5. The molecule has 0 amide bonds. The minimum absolute atomic E-state index is 0.0217. The van der Waals surface area contributed by atoms with Crippen molar-refractivity contribution in [2.45, 2.75) is 19.6 Å². The van der Waals surface area contributed by atoms with Gasteiger partial charge in [-0.2, -0.15) is 10.2 Å². The molecule has 3 aromatic rings. The van der Waals surface area contributed by atoms with Crippen LogP contribution in [0.15, 0.2) is 59.0 Å². The van der Waals surface area contributed by atoms with Crippen molar-refractivity contribution in [1.29, 1.82) is 5.26 Å². The summed E-state index contributed by atoms with van der Waals surface area (Å²) in [6, 6.07) is 19.1. The number of hydrogen-bond donors (Lipinski definition) is 1. The molecule has 0 aliphatic heterocycles. The van der Waals surface area contributed by atoms with Crippen LogP contribution in [0, 0.1) is 11.3 Å². The monoisotopic (exact) mass is 349 g/mol. The number of nitriles is 1. The number of oxazole rings is 1. The molecule has 0 radical (unpaired) electrons. The standard InChI is InChI=1S/C20H19N3O3/c1-14(15-6-4-3-5-7-15)22-20-18(12-21)23-19(26-20)13-25-17-10-8-16(24-2)9-11-17/h3-11,14,22H,13H2,1-2H3. The molecule has 0 fully saturated rings. The molecule has 0 aliphatic carbocycles. The summed E-state index contributed by atoms with van der Waals surface area (Å²) in [6.07, 6.45) is 0. The molecule has 0 bridgehead atoms. The van der Waals surface area contributed by atoms with Crippen LogP contribution in [0.5, 0.6) is 11.5 Å². The van der Waals surface area contributed by atoms with E-state index in [1.165, 1.54) is 0 Å². The molecule has 6 heteroatoms. The van der Waals surface area contributed by atoms with Gasteiger partial charge in [0.1, 0.15) is 17.6 Å². The lowest BCUT2D eigenvalue weighted by Crippen LogP contribution is -2.06. The SMILES string of the molecule is COc1ccc(OCc2nc(C#N)c(NC(C)c3ccccc3)o2)cc1. The average molecular weight is 349 g/mol. The first kappa shape index (κ1) is 17.4. The number of rotatable bonds is 7. The van der Waals surface area contributed by atoms with E-state index in [0.717, 1.165) is 11.3 Å². The van der Waals surface area contributed by atoms with Gasteiger partial charge < -0.3 is 19.2 Å². The number of anilines is 1. The second kappa shape index (κ2) is 8.08. The minimum atomic E-state index is -0.0217. The molecule has 6 nitrogen and oxygen atoms in total. The zero-order valence-electron chi connectivity index (χ0n) is 14.6. The van der Waals surface area contributed by atoms with Crippen LogP contribution in [0.4, 0.5) is 5.88 Å². The molecular weight excluding hydrogens is 330 g/mol. The normalized spacial score (nSPS) is 11.4. The summed E-state index contributed by atoms with van der Waals surface area (Å²) >= 11 is 0. The Morgan fingerprint density at radius 2 is 1.81 bits per heavy atom. The second-order valence-electron chi connectivity index (χ2n) is 5.64. The molecular formula is C20H19N3O3. The van der Waals surface area contributed by atoms with E-state index in [-0.39, 0.29) is 18.3 Å². The molecule has 0 saturated heterocycles. The van der Waals surface area contributed by atoms with Gasteiger partial charge >= 0.3 is 0 Å². The van der Waals surface area contributed by atoms with Gasteiger partial charge in [-0.05, 0) is 36.8 Å². The van der Waals surface area contributed by atoms with Crippen molar-refractivity contribution < 1.29 is 13.9 Å². The second-order valence-corrected chi connectivity index (χ2v) is 5.64. The first-order valence-corrected chi connectivity index (χ1v) is 8.17. The zero-order valence-corrected chi connectivity index (χ0v) is 14.6. The van der Waals surface area contributed by atoms with E-state index in [4.69, 9.17) is 13.9 Å². The number of hydrogen-bond acceptors (Lipinski definition) is 6. The Labute approximate surface area is 152 Å². The topological polar surface area (TPSA) is 80.3 Å². The summed E-state index contributed by atoms with van der Waals surface area (Å²) < 4.78 is 16.4. The van der Waals surface area contributed by atoms with Gasteiger partial charge in [0, 0.05) is 0 Å². The van der Waals surface area contributed by atoms with Crippen LogP contribution in [0.2, 0.25) is 0 Å². The maximum absolute atomic E-state index is 9.29. The molecule has 1 unspecified atom stereocenters. The highest BCUT2D eigenvalue weighted by molar-refractivity contribution is 5.47. The van der Waals surface area contributed by atoms with Crippen molar-refractivity contribution in [3.05, 3.63) is 71.7 Å². The lowest BCUT2D eigenvalue weighted by Gasteiger charge is -2.13. The van der Waals surface area contributed by atoms with Crippen molar-refractivity contribution >= 4 is 5.88 Å². The fraction of sp³-hybridized carbons (Fsp3) is 0.200. The van der Waals surface area contributed by atoms with Crippen molar-refractivity contribution in [2.24, 2.45) is 0 Å². The van der Waals surface area contributed by atoms with E-state index in [1.807, 2.05) is 43.3 Å². The molecule has 1 N–H and O–H groups in total. The summed E-state index contributed by atoms with van der Waals surface area (Å²) in [6.45, 7) is 2.12. The number of benzene rings is 2. The molecule has 0 saturated carbocycles. The highest BCUT2D eigenvalue weighted by Gasteiger charge is 2.16. The van der Waals surface area contributed by atoms with E-state index in [9.17, 15) is 5.26 Å². The minimum Gasteiger partial charge on any atom is -0.497 e. The summed E-state index contributed by atoms with van der Waals surface area (Å²) in [5.41, 5.74) is 1.30. The highest BCUT2D eigenvalue weighted by Crippen LogP contribution is 2.24. The van der Waals surface area contributed by atoms with Gasteiger partial charge in [0.2, 0.25) is 17.5 Å². The van der Waals surface area contributed by atoms with E-state index in [2.05, 4.69) is 10.3 Å². The largest absolute Gasteiger partial charge is 0.497 e. The van der Waals surface area contributed by atoms with Crippen LogP contribution in [0.3, 0.4) is 0 Å². The maximum Gasteiger partial charge on any atom is 0.236 e. The first-order valence-electron chi connectivity index (χ1n) is 8.17. The molecule has 0 spiro atoms. The molecule has 132 valence electrons. The van der Waals surface area contributed by atoms with Gasteiger partial charge in [0.05, 0.1) is 13.2 Å². The van der Waals surface area contributed by atoms with Crippen LogP contribution < -0.4 is 14.8 Å². The quantitative estimate of drug-likeness (QED) is 0.685. The molecule has 1 heterocycles. The van der Waals surface area contributed by atoms with Crippen molar-refractivity contribution in [1.82, 2.24) is 4.98 Å². The first-order chi connectivity index (χ1) is 12.7. The third-order valence-corrected chi connectivity index (χ3v) is 3.85. The van der Waals surface area contributed by atoms with Gasteiger partial charge in [0.25, 0.3) is 0 Å². The van der Waals surface area contributed by atoms with Crippen LogP contribution in [-0.4, -0.2) is 12.1 Å². The fourth-order valence-corrected chi connectivity index (χ4v) is 2.44. The van der Waals surface area contributed by atoms with Gasteiger partial charge in [0.15, 0.2) is 6.61 Å². The molecule has 1 atom stereocenters. The van der Waals surface area contributed by atoms with Gasteiger partial charge in [-0.25, -0.2) is 0 Å². The lowest BCUT2D eigenvalue weighted by molar-refractivity contribution is 0.264. The van der Waals surface area contributed by atoms with Gasteiger partial charge in [-0.3, -0.25) is 0 Å². The van der Waals surface area contributed by atoms with Gasteiger partial charge in [-0.15, -0.1) is 0 Å². The number of nitrogens with zero attached hydrogens (tertiary/aromatic N) is 2. The Balaban J connectivity index is 1.67. The Hall–Kier alpha value is -3.46. The lowest BCUT2D eigenvalue weighted by atomic mass is 10.1. The Morgan fingerprint density at radius 3 is 2.46 bits per heavy atom. The number of nitrogens with one attached hydrogen (secondary N) is 1. The molecule has 2 aromatic carbocycles. The zero-order chi connectivity index (χ0) is 18.4. The Kier molecular flexibility index (Phi) is 5.40. The van der Waals surface area contributed by atoms with Crippen molar-refractivity contribution in [3.8, 4) is 17.6 Å². The van der Waals surface area contributed by atoms with Gasteiger partial charge in [-0.1, -0.05) is 30.3 Å². The summed E-state index contributed by atoms with van der Waals surface area (Å²) in [5, 5.41) is 12.5. The van der Waals surface area contributed by atoms with Crippen LogP contribution in [-0.2, 0) is 6.61 Å². The molecule has 26 heavy (non-hydrogen) atoms. The number of aromatic nitrogens is 1. The Bertz CT molecular complexity index is 883. The van der Waals surface area contributed by atoms with E-state index < -0.39 is 0 Å². The summed E-state index contributed by atoms with van der Waals surface area (Å²) in [5.74, 6) is 2.09. The van der Waals surface area contributed by atoms with Crippen LogP contribution in [0.1, 0.15) is 30.1 Å². The van der Waals surface area contributed by atoms with E-state index in [0.29, 0.717) is 17.5 Å². The fourth-order valence-electron chi connectivity index (χ4n) is 2.44. The third kappa shape index (κ3) is 4.14. The average Bonchev–Trinajstić information content (AvgIpc) is 3.09. The predicted octanol–water partition coefficient (Wildman–Crippen LogP) is 4.31. The van der Waals surface area contributed by atoms with Crippen molar-refractivity contribution in [2.75, 3.05) is 12.4 Å². The third-order valence-electron chi connectivity index (χ3n) is 3.85. The predicted molar refractivity (Wildman–Crippen MR) is 97.0 cm³/mol. The molecule has 0 aliphatic rings. The smallest absolute Gasteiger partial charge is 0.236 e. The summed E-state index contributed by atoms with van der Waals surface area (Å²) in [4.78, 5) is 4.18. The molecule has 1 aromatic heterocycles. The Morgan fingerprint density at radius 1 is 1.12 bits per heavy atom. The van der Waals surface area contributed by atoms with E-state index >= 15 is 0 Å². The van der Waals surface area contributed by atoms with Crippen LogP contribution in [0.25, 0.3) is 0 Å². The maximum atomic E-state index is 9.29. The summed E-state index contributed by atoms with van der Waals surface area (Å²) in [7, 11) is 1.61. The molecule has 3 rings (SSSR count). The van der Waals surface area contributed by atoms with Crippen LogP contribution >= 0.6 is 0 Å².